The van der Waals surface area contributed by atoms with Crippen molar-refractivity contribution in [1.29, 1.82) is 0 Å². The SMILES string of the molecule is CC(C)c1ccc(N(c2ccccc2)c2ccc3c(-c4ccc(C5CCCCC5)cc4)c4cc(N(c5ccccc5)c5ccc(C(C)C)cc5)ccc4c(-c4ccc(C5CCCCC5)cc4)c3c2)cc1. The Hall–Kier alpha value is -6.90. The molecule has 0 unspecified atom stereocenters. The zero-order valence-electron chi connectivity index (χ0n) is 41.8. The Morgan fingerprint density at radius 1 is 0.314 bits per heavy atom. The van der Waals surface area contributed by atoms with Crippen molar-refractivity contribution in [3.8, 4) is 22.3 Å². The fourth-order valence-corrected chi connectivity index (χ4v) is 11.9. The molecule has 0 bridgehead atoms. The summed E-state index contributed by atoms with van der Waals surface area (Å²) in [5, 5.41) is 5.05. The van der Waals surface area contributed by atoms with E-state index in [1.807, 2.05) is 0 Å². The van der Waals surface area contributed by atoms with E-state index in [1.165, 1.54) is 130 Å². The molecule has 9 aromatic rings. The fourth-order valence-electron chi connectivity index (χ4n) is 11.9. The highest BCUT2D eigenvalue weighted by Gasteiger charge is 2.24. The molecule has 0 radical (unpaired) electrons. The van der Waals surface area contributed by atoms with Crippen LogP contribution in [0.4, 0.5) is 34.1 Å². The number of hydrogen-bond acceptors (Lipinski definition) is 2. The fraction of sp³-hybridized carbons (Fsp3) is 0.265. The van der Waals surface area contributed by atoms with Gasteiger partial charge < -0.3 is 9.80 Å². The van der Waals surface area contributed by atoms with Crippen LogP contribution in [0.1, 0.15) is 138 Å². The summed E-state index contributed by atoms with van der Waals surface area (Å²) in [7, 11) is 0. The van der Waals surface area contributed by atoms with Crippen LogP contribution in [0.3, 0.4) is 0 Å². The summed E-state index contributed by atoms with van der Waals surface area (Å²) in [6, 6.07) is 74.3. The van der Waals surface area contributed by atoms with Crippen LogP contribution in [0.25, 0.3) is 43.8 Å². The molecule has 0 atom stereocenters. The van der Waals surface area contributed by atoms with E-state index >= 15 is 0 Å². The molecule has 350 valence electrons. The summed E-state index contributed by atoms with van der Waals surface area (Å²) in [6.45, 7) is 9.09. The molecule has 2 aliphatic carbocycles. The third kappa shape index (κ3) is 9.17. The standard InChI is InChI=1S/C68H68N2/c1-47(2)49-33-37-59(38-34-49)69(57-21-13-7-14-22-57)61-41-43-63-65(45-61)67(55-29-25-53(26-30-55)51-17-9-5-10-18-51)64-44-42-62(70(58-23-15-8-16-24-58)60-39-35-50(36-40-60)48(3)4)46-66(64)68(63)56-31-27-54(28-32-56)52-19-11-6-12-20-52/h7-8,13-16,21-48,51-52H,5-6,9-12,17-20H2,1-4H3. The molecule has 11 rings (SSSR count). The highest BCUT2D eigenvalue weighted by molar-refractivity contribution is 6.22. The van der Waals surface area contributed by atoms with Crippen LogP contribution in [0.15, 0.2) is 194 Å². The molecular weight excluding hydrogens is 845 g/mol. The van der Waals surface area contributed by atoms with Crippen molar-refractivity contribution >= 4 is 55.7 Å². The van der Waals surface area contributed by atoms with Gasteiger partial charge in [0.1, 0.15) is 0 Å². The summed E-state index contributed by atoms with van der Waals surface area (Å²) < 4.78 is 0. The maximum atomic E-state index is 2.49. The van der Waals surface area contributed by atoms with Crippen LogP contribution in [0, 0.1) is 0 Å². The second-order valence-electron chi connectivity index (χ2n) is 21.0. The molecule has 0 aliphatic heterocycles. The molecular formula is C68H68N2. The van der Waals surface area contributed by atoms with Gasteiger partial charge in [-0.05, 0) is 188 Å². The third-order valence-corrected chi connectivity index (χ3v) is 15.8. The van der Waals surface area contributed by atoms with Gasteiger partial charge in [0.05, 0.1) is 0 Å². The van der Waals surface area contributed by atoms with Gasteiger partial charge in [-0.2, -0.15) is 0 Å². The summed E-state index contributed by atoms with van der Waals surface area (Å²) in [5.74, 6) is 2.20. The Kier molecular flexibility index (Phi) is 13.1. The first-order valence-electron chi connectivity index (χ1n) is 26.5. The van der Waals surface area contributed by atoms with E-state index in [9.17, 15) is 0 Å². The summed E-state index contributed by atoms with van der Waals surface area (Å²) in [4.78, 5) is 4.88. The third-order valence-electron chi connectivity index (χ3n) is 15.8. The van der Waals surface area contributed by atoms with Crippen molar-refractivity contribution < 1.29 is 0 Å². The molecule has 9 aromatic carbocycles. The van der Waals surface area contributed by atoms with Crippen LogP contribution < -0.4 is 9.80 Å². The monoisotopic (exact) mass is 913 g/mol. The Morgan fingerprint density at radius 2 is 0.643 bits per heavy atom. The van der Waals surface area contributed by atoms with Gasteiger partial charge in [0, 0.05) is 34.1 Å². The van der Waals surface area contributed by atoms with Gasteiger partial charge in [-0.1, -0.05) is 188 Å². The van der Waals surface area contributed by atoms with Gasteiger partial charge in [-0.15, -0.1) is 0 Å². The Labute approximate surface area is 417 Å². The number of para-hydroxylation sites is 2. The lowest BCUT2D eigenvalue weighted by Gasteiger charge is -2.28. The van der Waals surface area contributed by atoms with Gasteiger partial charge in [-0.3, -0.25) is 0 Å². The molecule has 2 heteroatoms. The minimum atomic E-state index is 0.459. The highest BCUT2D eigenvalue weighted by Crippen LogP contribution is 2.49. The van der Waals surface area contributed by atoms with Crippen molar-refractivity contribution in [3.63, 3.8) is 0 Å². The van der Waals surface area contributed by atoms with Crippen LogP contribution in [-0.2, 0) is 0 Å². The highest BCUT2D eigenvalue weighted by atomic mass is 15.1. The van der Waals surface area contributed by atoms with E-state index in [2.05, 4.69) is 232 Å². The van der Waals surface area contributed by atoms with Crippen molar-refractivity contribution in [2.24, 2.45) is 0 Å². The molecule has 0 aromatic heterocycles. The maximum absolute atomic E-state index is 2.49. The van der Waals surface area contributed by atoms with Crippen LogP contribution in [0.5, 0.6) is 0 Å². The molecule has 2 fully saturated rings. The molecule has 0 heterocycles. The first-order valence-corrected chi connectivity index (χ1v) is 26.5. The van der Waals surface area contributed by atoms with E-state index in [1.54, 1.807) is 0 Å². The number of benzene rings is 9. The van der Waals surface area contributed by atoms with Gasteiger partial charge in [0.2, 0.25) is 0 Å². The molecule has 2 saturated carbocycles. The van der Waals surface area contributed by atoms with Crippen LogP contribution >= 0.6 is 0 Å². The molecule has 0 spiro atoms. The Balaban J connectivity index is 1.18. The van der Waals surface area contributed by atoms with Crippen LogP contribution in [0.2, 0.25) is 0 Å². The summed E-state index contributed by atoms with van der Waals surface area (Å²) in [5.41, 5.74) is 17.6. The zero-order valence-corrected chi connectivity index (χ0v) is 41.8. The topological polar surface area (TPSA) is 6.48 Å². The van der Waals surface area contributed by atoms with Gasteiger partial charge >= 0.3 is 0 Å². The minimum Gasteiger partial charge on any atom is -0.310 e. The number of nitrogens with zero attached hydrogens (tertiary/aromatic N) is 2. The zero-order chi connectivity index (χ0) is 47.6. The second kappa shape index (κ2) is 20.2. The van der Waals surface area contributed by atoms with Crippen molar-refractivity contribution in [2.75, 3.05) is 9.80 Å². The van der Waals surface area contributed by atoms with E-state index in [-0.39, 0.29) is 0 Å². The van der Waals surface area contributed by atoms with Crippen molar-refractivity contribution in [1.82, 2.24) is 0 Å². The van der Waals surface area contributed by atoms with Crippen molar-refractivity contribution in [3.05, 3.63) is 216 Å². The lowest BCUT2D eigenvalue weighted by molar-refractivity contribution is 0.443. The number of fused-ring (bicyclic) bond motifs is 2. The second-order valence-corrected chi connectivity index (χ2v) is 21.0. The maximum Gasteiger partial charge on any atom is 0.0468 e. The normalized spacial score (nSPS) is 14.7. The Bertz CT molecular complexity index is 2950. The smallest absolute Gasteiger partial charge is 0.0468 e. The van der Waals surface area contributed by atoms with Gasteiger partial charge in [0.15, 0.2) is 0 Å². The van der Waals surface area contributed by atoms with E-state index in [0.29, 0.717) is 23.7 Å². The summed E-state index contributed by atoms with van der Waals surface area (Å²) in [6.07, 6.45) is 13.2. The van der Waals surface area contributed by atoms with Gasteiger partial charge in [0.25, 0.3) is 0 Å². The van der Waals surface area contributed by atoms with E-state index < -0.39 is 0 Å². The number of anilines is 6. The first-order chi connectivity index (χ1) is 34.4. The average molecular weight is 913 g/mol. The lowest BCUT2D eigenvalue weighted by Crippen LogP contribution is -2.10. The quantitative estimate of drug-likeness (QED) is 0.113. The Morgan fingerprint density at radius 3 is 0.986 bits per heavy atom. The molecule has 2 nitrogen and oxygen atoms in total. The molecule has 0 amide bonds. The molecule has 0 N–H and O–H groups in total. The predicted octanol–water partition coefficient (Wildman–Crippen LogP) is 20.6. The molecule has 0 saturated heterocycles. The largest absolute Gasteiger partial charge is 0.310 e. The van der Waals surface area contributed by atoms with E-state index in [4.69, 9.17) is 0 Å². The molecule has 2 aliphatic rings. The van der Waals surface area contributed by atoms with E-state index in [0.717, 1.165) is 34.1 Å². The predicted molar refractivity (Wildman–Crippen MR) is 302 cm³/mol. The summed E-state index contributed by atoms with van der Waals surface area (Å²) >= 11 is 0. The minimum absolute atomic E-state index is 0.459. The van der Waals surface area contributed by atoms with Crippen molar-refractivity contribution in [2.45, 2.75) is 116 Å². The first kappa shape index (κ1) is 45.5. The van der Waals surface area contributed by atoms with Gasteiger partial charge in [-0.25, -0.2) is 0 Å². The number of hydrogen-bond donors (Lipinski definition) is 0. The van der Waals surface area contributed by atoms with Crippen LogP contribution in [-0.4, -0.2) is 0 Å². The lowest BCUT2D eigenvalue weighted by atomic mass is 9.81. The molecule has 70 heavy (non-hydrogen) atoms. The average Bonchev–Trinajstić information content (AvgIpc) is 3.42. The number of rotatable bonds is 12.